The van der Waals surface area contributed by atoms with Gasteiger partial charge in [0.25, 0.3) is 0 Å². The van der Waals surface area contributed by atoms with Crippen molar-refractivity contribution in [1.82, 2.24) is 10.3 Å². The Morgan fingerprint density at radius 1 is 0.889 bits per heavy atom. The molecular formula is C28H27ClN4O2S. The first kappa shape index (κ1) is 25.4. The van der Waals surface area contributed by atoms with Gasteiger partial charge in [-0.1, -0.05) is 78.3 Å². The Kier molecular flexibility index (Phi) is 9.08. The quantitative estimate of drug-likeness (QED) is 0.218. The summed E-state index contributed by atoms with van der Waals surface area (Å²) < 4.78 is 0. The Labute approximate surface area is 219 Å². The first-order chi connectivity index (χ1) is 17.6. The fraction of sp³-hybridized carbons (Fsp3) is 0.179. The molecule has 0 aliphatic heterocycles. The molecule has 0 aliphatic rings. The molecule has 0 spiro atoms. The van der Waals surface area contributed by atoms with Crippen LogP contribution in [0.2, 0.25) is 5.02 Å². The highest BCUT2D eigenvalue weighted by atomic mass is 35.5. The van der Waals surface area contributed by atoms with E-state index in [1.54, 1.807) is 24.3 Å². The Hall–Kier alpha value is -3.68. The van der Waals surface area contributed by atoms with Gasteiger partial charge in [0.15, 0.2) is 5.13 Å². The molecule has 0 saturated heterocycles. The van der Waals surface area contributed by atoms with E-state index < -0.39 is 6.03 Å². The second-order valence-electron chi connectivity index (χ2n) is 8.25. The van der Waals surface area contributed by atoms with Gasteiger partial charge in [0.05, 0.1) is 5.69 Å². The van der Waals surface area contributed by atoms with Crippen molar-refractivity contribution in [3.8, 4) is 0 Å². The lowest BCUT2D eigenvalue weighted by Crippen LogP contribution is -2.26. The number of amides is 3. The molecule has 3 N–H and O–H groups in total. The second-order valence-corrected chi connectivity index (χ2v) is 9.54. The molecule has 3 aromatic carbocycles. The lowest BCUT2D eigenvalue weighted by Gasteiger charge is -2.18. The molecule has 0 saturated carbocycles. The maximum atomic E-state index is 12.5. The molecule has 36 heavy (non-hydrogen) atoms. The molecule has 0 fully saturated rings. The smallest absolute Gasteiger partial charge is 0.325 e. The van der Waals surface area contributed by atoms with Crippen LogP contribution in [-0.2, 0) is 11.2 Å². The maximum absolute atomic E-state index is 12.5. The van der Waals surface area contributed by atoms with Gasteiger partial charge in [-0.15, -0.1) is 11.3 Å². The largest absolute Gasteiger partial charge is 0.356 e. The summed E-state index contributed by atoms with van der Waals surface area (Å²) in [6.07, 6.45) is 1.65. The molecule has 6 nitrogen and oxygen atoms in total. The molecule has 0 radical (unpaired) electrons. The van der Waals surface area contributed by atoms with Crippen molar-refractivity contribution in [2.75, 3.05) is 17.2 Å². The van der Waals surface area contributed by atoms with Crippen LogP contribution in [0.15, 0.2) is 90.3 Å². The van der Waals surface area contributed by atoms with E-state index in [9.17, 15) is 9.59 Å². The molecule has 1 aromatic heterocycles. The van der Waals surface area contributed by atoms with Crippen molar-refractivity contribution in [3.63, 3.8) is 0 Å². The van der Waals surface area contributed by atoms with E-state index in [1.807, 2.05) is 41.8 Å². The summed E-state index contributed by atoms with van der Waals surface area (Å²) in [6.45, 7) is 0.584. The third-order valence-electron chi connectivity index (χ3n) is 5.62. The Morgan fingerprint density at radius 3 is 2.25 bits per heavy atom. The molecule has 0 atom stereocenters. The summed E-state index contributed by atoms with van der Waals surface area (Å²) in [5.74, 6) is 0.203. The predicted molar refractivity (Wildman–Crippen MR) is 147 cm³/mol. The van der Waals surface area contributed by atoms with E-state index in [1.165, 1.54) is 22.5 Å². The SMILES string of the molecule is O=C(CCc1csc(NC(=O)Nc2cccc(Cl)c2)n1)NCCC(c1ccccc1)c1ccccc1. The number of thiazole rings is 1. The molecule has 0 aliphatic carbocycles. The number of benzene rings is 3. The van der Waals surface area contributed by atoms with Crippen molar-refractivity contribution in [2.24, 2.45) is 0 Å². The van der Waals surface area contributed by atoms with Gasteiger partial charge < -0.3 is 10.6 Å². The highest BCUT2D eigenvalue weighted by Gasteiger charge is 2.14. The number of anilines is 2. The minimum Gasteiger partial charge on any atom is -0.356 e. The van der Waals surface area contributed by atoms with Gasteiger partial charge in [0.1, 0.15) is 0 Å². The average molecular weight is 519 g/mol. The van der Waals surface area contributed by atoms with Crippen molar-refractivity contribution < 1.29 is 9.59 Å². The second kappa shape index (κ2) is 12.9. The molecule has 4 rings (SSSR count). The zero-order valence-corrected chi connectivity index (χ0v) is 21.2. The summed E-state index contributed by atoms with van der Waals surface area (Å²) in [6, 6.07) is 27.2. The molecule has 0 bridgehead atoms. The number of nitrogens with zero attached hydrogens (tertiary/aromatic N) is 1. The number of hydrogen-bond acceptors (Lipinski definition) is 4. The van der Waals surface area contributed by atoms with E-state index in [2.05, 4.69) is 45.2 Å². The maximum Gasteiger partial charge on any atom is 0.325 e. The zero-order chi connectivity index (χ0) is 25.2. The van der Waals surface area contributed by atoms with Crippen LogP contribution in [0.1, 0.15) is 35.6 Å². The van der Waals surface area contributed by atoms with Crippen molar-refractivity contribution >= 4 is 45.7 Å². The number of carbonyl (C=O) groups excluding carboxylic acids is 2. The van der Waals surface area contributed by atoms with Crippen LogP contribution in [0.25, 0.3) is 0 Å². The topological polar surface area (TPSA) is 83.1 Å². The number of aryl methyl sites for hydroxylation is 1. The van der Waals surface area contributed by atoms with Gasteiger partial charge in [0.2, 0.25) is 5.91 Å². The summed E-state index contributed by atoms with van der Waals surface area (Å²) in [4.78, 5) is 29.1. The van der Waals surface area contributed by atoms with Gasteiger partial charge in [-0.3, -0.25) is 10.1 Å². The molecule has 4 aromatic rings. The minimum absolute atomic E-state index is 0.0175. The third kappa shape index (κ3) is 7.66. The summed E-state index contributed by atoms with van der Waals surface area (Å²) in [5.41, 5.74) is 3.83. The summed E-state index contributed by atoms with van der Waals surface area (Å²) in [5, 5.41) is 11.3. The Balaban J connectivity index is 1.22. The van der Waals surface area contributed by atoms with Gasteiger partial charge in [0, 0.05) is 35.0 Å². The number of carbonyl (C=O) groups is 2. The van der Waals surface area contributed by atoms with Crippen molar-refractivity contribution in [3.05, 3.63) is 112 Å². The molecule has 184 valence electrons. The molecule has 3 amide bonds. The standard InChI is InChI=1S/C28H27ClN4O2S/c29-22-12-7-13-23(18-22)31-27(35)33-28-32-24(19-36-28)14-15-26(34)30-17-16-25(20-8-3-1-4-9-20)21-10-5-2-6-11-21/h1-13,18-19,25H,14-17H2,(H,30,34)(H2,31,32,33,35). The average Bonchev–Trinajstić information content (AvgIpc) is 3.33. The van der Waals surface area contributed by atoms with Gasteiger partial charge in [-0.05, 0) is 42.2 Å². The highest BCUT2D eigenvalue weighted by Crippen LogP contribution is 2.27. The molecule has 8 heteroatoms. The minimum atomic E-state index is -0.401. The summed E-state index contributed by atoms with van der Waals surface area (Å²) in [7, 11) is 0. The van der Waals surface area contributed by atoms with E-state index in [4.69, 9.17) is 11.6 Å². The van der Waals surface area contributed by atoms with Crippen molar-refractivity contribution in [2.45, 2.75) is 25.2 Å². The highest BCUT2D eigenvalue weighted by molar-refractivity contribution is 7.13. The van der Waals surface area contributed by atoms with Crippen LogP contribution in [0.4, 0.5) is 15.6 Å². The number of nitrogens with one attached hydrogen (secondary N) is 3. The van der Waals surface area contributed by atoms with Crippen LogP contribution < -0.4 is 16.0 Å². The lowest BCUT2D eigenvalue weighted by atomic mass is 9.88. The van der Waals surface area contributed by atoms with Gasteiger partial charge >= 0.3 is 6.03 Å². The van der Waals surface area contributed by atoms with E-state index in [0.29, 0.717) is 35.2 Å². The van der Waals surface area contributed by atoms with E-state index in [-0.39, 0.29) is 11.8 Å². The van der Waals surface area contributed by atoms with Crippen LogP contribution in [0, 0.1) is 0 Å². The predicted octanol–water partition coefficient (Wildman–Crippen LogP) is 6.71. The first-order valence-electron chi connectivity index (χ1n) is 11.7. The van der Waals surface area contributed by atoms with E-state index in [0.717, 1.165) is 12.1 Å². The number of rotatable bonds is 10. The summed E-state index contributed by atoms with van der Waals surface area (Å²) >= 11 is 7.26. The zero-order valence-electron chi connectivity index (χ0n) is 19.6. The number of halogens is 1. The monoisotopic (exact) mass is 518 g/mol. The molecule has 1 heterocycles. The Morgan fingerprint density at radius 2 is 1.58 bits per heavy atom. The number of aromatic nitrogens is 1. The Bertz CT molecular complexity index is 1240. The van der Waals surface area contributed by atoms with Crippen LogP contribution >= 0.6 is 22.9 Å². The van der Waals surface area contributed by atoms with Gasteiger partial charge in [-0.25, -0.2) is 9.78 Å². The molecule has 0 unspecified atom stereocenters. The fourth-order valence-corrected chi connectivity index (χ4v) is 4.82. The number of hydrogen-bond donors (Lipinski definition) is 3. The lowest BCUT2D eigenvalue weighted by molar-refractivity contribution is -0.121. The van der Waals surface area contributed by atoms with Crippen LogP contribution in [-0.4, -0.2) is 23.5 Å². The number of urea groups is 1. The fourth-order valence-electron chi connectivity index (χ4n) is 3.89. The normalized spacial score (nSPS) is 10.7. The first-order valence-corrected chi connectivity index (χ1v) is 13.0. The van der Waals surface area contributed by atoms with E-state index >= 15 is 0 Å². The van der Waals surface area contributed by atoms with Crippen molar-refractivity contribution in [1.29, 1.82) is 0 Å². The third-order valence-corrected chi connectivity index (χ3v) is 6.66. The van der Waals surface area contributed by atoms with Crippen LogP contribution in [0.3, 0.4) is 0 Å². The molecular weight excluding hydrogens is 492 g/mol. The van der Waals surface area contributed by atoms with Gasteiger partial charge in [-0.2, -0.15) is 0 Å². The van der Waals surface area contributed by atoms with Crippen LogP contribution in [0.5, 0.6) is 0 Å².